The molecule has 156 valence electrons. The first kappa shape index (κ1) is 21.3. The maximum absolute atomic E-state index is 13.4. The highest BCUT2D eigenvalue weighted by molar-refractivity contribution is 5.88. The second kappa shape index (κ2) is 9.39. The van der Waals surface area contributed by atoms with Crippen molar-refractivity contribution in [2.45, 2.75) is 46.7 Å². The summed E-state index contributed by atoms with van der Waals surface area (Å²) in [6.45, 7) is 7.63. The Labute approximate surface area is 176 Å². The Kier molecular flexibility index (Phi) is 6.67. The fraction of sp³-hybridized carbons (Fsp3) is 0.292. The first-order valence-electron chi connectivity index (χ1n) is 9.98. The number of rotatable bonds is 7. The zero-order valence-electron chi connectivity index (χ0n) is 17.8. The highest BCUT2D eigenvalue weighted by Crippen LogP contribution is 2.26. The number of aryl methyl sites for hydroxylation is 2. The van der Waals surface area contributed by atoms with E-state index in [1.165, 1.54) is 6.92 Å². The van der Waals surface area contributed by atoms with Crippen molar-refractivity contribution in [1.82, 2.24) is 10.1 Å². The van der Waals surface area contributed by atoms with Gasteiger partial charge in [0.15, 0.2) is 0 Å². The minimum atomic E-state index is -0.188. The summed E-state index contributed by atoms with van der Waals surface area (Å²) in [5.41, 5.74) is 4.28. The van der Waals surface area contributed by atoms with Crippen LogP contribution in [-0.2, 0) is 22.6 Å². The molecule has 6 heteroatoms. The van der Waals surface area contributed by atoms with Crippen LogP contribution in [0.4, 0.5) is 5.69 Å². The van der Waals surface area contributed by atoms with Crippen molar-refractivity contribution in [3.8, 4) is 0 Å². The topological polar surface area (TPSA) is 75.4 Å². The summed E-state index contributed by atoms with van der Waals surface area (Å²) in [5, 5.41) is 6.77. The molecule has 0 spiro atoms. The number of hydrogen-bond donors (Lipinski definition) is 1. The third-order valence-corrected chi connectivity index (χ3v) is 5.18. The van der Waals surface area contributed by atoms with Crippen LogP contribution in [0.1, 0.15) is 48.0 Å². The molecule has 2 aromatic carbocycles. The molecule has 1 heterocycles. The Morgan fingerprint density at radius 1 is 1.10 bits per heavy atom. The number of carbonyl (C=O) groups excluding carboxylic acids is 2. The molecular weight excluding hydrogens is 378 g/mol. The molecule has 0 radical (unpaired) electrons. The van der Waals surface area contributed by atoms with Gasteiger partial charge < -0.3 is 14.7 Å². The van der Waals surface area contributed by atoms with Crippen LogP contribution in [0.15, 0.2) is 59.1 Å². The van der Waals surface area contributed by atoms with Crippen molar-refractivity contribution in [2.75, 3.05) is 5.32 Å². The van der Waals surface area contributed by atoms with Crippen LogP contribution in [0.2, 0.25) is 0 Å². The van der Waals surface area contributed by atoms with Crippen LogP contribution in [0.3, 0.4) is 0 Å². The van der Waals surface area contributed by atoms with Gasteiger partial charge in [-0.3, -0.25) is 9.59 Å². The molecule has 1 unspecified atom stereocenters. The Hall–Kier alpha value is -3.41. The molecule has 6 nitrogen and oxygen atoms in total. The average Bonchev–Trinajstić information content (AvgIpc) is 3.04. The summed E-state index contributed by atoms with van der Waals surface area (Å²) < 4.78 is 5.23. The average molecular weight is 405 g/mol. The lowest BCUT2D eigenvalue weighted by Gasteiger charge is -2.30. The number of anilines is 1. The first-order chi connectivity index (χ1) is 14.3. The van der Waals surface area contributed by atoms with Gasteiger partial charge in [-0.05, 0) is 44.0 Å². The Morgan fingerprint density at radius 2 is 1.83 bits per heavy atom. The molecule has 3 rings (SSSR count). The van der Waals surface area contributed by atoms with Crippen molar-refractivity contribution < 1.29 is 14.1 Å². The van der Waals surface area contributed by atoms with Crippen LogP contribution in [0.5, 0.6) is 0 Å². The highest BCUT2D eigenvalue weighted by Gasteiger charge is 2.24. The molecule has 1 atom stereocenters. The van der Waals surface area contributed by atoms with Gasteiger partial charge >= 0.3 is 0 Å². The van der Waals surface area contributed by atoms with Gasteiger partial charge in [-0.15, -0.1) is 0 Å². The van der Waals surface area contributed by atoms with E-state index in [1.807, 2.05) is 80.3 Å². The summed E-state index contributed by atoms with van der Waals surface area (Å²) in [5.74, 6) is 0.530. The predicted molar refractivity (Wildman–Crippen MR) is 116 cm³/mol. The van der Waals surface area contributed by atoms with Crippen molar-refractivity contribution in [3.63, 3.8) is 0 Å². The largest absolute Gasteiger partial charge is 0.361 e. The Morgan fingerprint density at radius 3 is 2.47 bits per heavy atom. The molecule has 0 aliphatic rings. The summed E-state index contributed by atoms with van der Waals surface area (Å²) in [6, 6.07) is 17.3. The van der Waals surface area contributed by atoms with Gasteiger partial charge in [0.25, 0.3) is 0 Å². The fourth-order valence-electron chi connectivity index (χ4n) is 3.49. The van der Waals surface area contributed by atoms with Crippen molar-refractivity contribution in [3.05, 3.63) is 82.7 Å². The highest BCUT2D eigenvalue weighted by atomic mass is 16.5. The zero-order chi connectivity index (χ0) is 21.7. The second-order valence-electron chi connectivity index (χ2n) is 7.47. The lowest BCUT2D eigenvalue weighted by Crippen LogP contribution is -2.34. The zero-order valence-corrected chi connectivity index (χ0v) is 17.8. The lowest BCUT2D eigenvalue weighted by molar-refractivity contribution is -0.133. The molecule has 0 bridgehead atoms. The van der Waals surface area contributed by atoms with E-state index >= 15 is 0 Å². The van der Waals surface area contributed by atoms with Gasteiger partial charge in [0, 0.05) is 24.7 Å². The Bertz CT molecular complexity index is 1010. The maximum Gasteiger partial charge on any atom is 0.228 e. The monoisotopic (exact) mass is 405 g/mol. The summed E-state index contributed by atoms with van der Waals surface area (Å²) in [4.78, 5) is 26.7. The van der Waals surface area contributed by atoms with E-state index in [-0.39, 0.29) is 24.3 Å². The molecule has 0 saturated carbocycles. The normalized spacial score (nSPS) is 11.7. The maximum atomic E-state index is 13.4. The van der Waals surface area contributed by atoms with E-state index in [9.17, 15) is 9.59 Å². The van der Waals surface area contributed by atoms with Crippen LogP contribution in [0.25, 0.3) is 0 Å². The number of benzene rings is 2. The SMILES string of the molecule is CC(=O)Nc1cccc(C(C)N(Cc2ccccc2)C(=O)Cc2c(C)noc2C)c1. The van der Waals surface area contributed by atoms with E-state index in [1.54, 1.807) is 0 Å². The number of nitrogens with zero attached hydrogens (tertiary/aromatic N) is 2. The van der Waals surface area contributed by atoms with Crippen LogP contribution in [-0.4, -0.2) is 21.9 Å². The van der Waals surface area contributed by atoms with Gasteiger partial charge in [0.05, 0.1) is 18.2 Å². The molecule has 0 aliphatic heterocycles. The van der Waals surface area contributed by atoms with Gasteiger partial charge in [-0.2, -0.15) is 0 Å². The summed E-state index contributed by atoms with van der Waals surface area (Å²) >= 11 is 0. The standard InChI is InChI=1S/C24H27N3O3/c1-16-23(18(3)30-26-16)14-24(29)27(15-20-9-6-5-7-10-20)17(2)21-11-8-12-22(13-21)25-19(4)28/h5-13,17H,14-15H2,1-4H3,(H,25,28). The van der Waals surface area contributed by atoms with Gasteiger partial charge in [-0.25, -0.2) is 0 Å². The van der Waals surface area contributed by atoms with Crippen molar-refractivity contribution in [1.29, 1.82) is 0 Å². The minimum absolute atomic E-state index is 0.00863. The molecule has 0 fully saturated rings. The van der Waals surface area contributed by atoms with Crippen LogP contribution >= 0.6 is 0 Å². The van der Waals surface area contributed by atoms with Gasteiger partial charge in [-0.1, -0.05) is 47.6 Å². The molecule has 1 aromatic heterocycles. The molecule has 1 N–H and O–H groups in total. The van der Waals surface area contributed by atoms with E-state index in [4.69, 9.17) is 4.52 Å². The summed E-state index contributed by atoms with van der Waals surface area (Å²) in [7, 11) is 0. The number of hydrogen-bond acceptors (Lipinski definition) is 4. The predicted octanol–water partition coefficient (Wildman–Crippen LogP) is 4.58. The third-order valence-electron chi connectivity index (χ3n) is 5.18. The summed E-state index contributed by atoms with van der Waals surface area (Å²) in [6.07, 6.45) is 0.226. The number of amides is 2. The number of aromatic nitrogens is 1. The molecule has 30 heavy (non-hydrogen) atoms. The smallest absolute Gasteiger partial charge is 0.228 e. The number of nitrogens with one attached hydrogen (secondary N) is 1. The molecule has 3 aromatic rings. The van der Waals surface area contributed by atoms with Crippen LogP contribution < -0.4 is 5.32 Å². The first-order valence-corrected chi connectivity index (χ1v) is 9.98. The van der Waals surface area contributed by atoms with E-state index in [0.717, 1.165) is 22.4 Å². The van der Waals surface area contributed by atoms with Crippen molar-refractivity contribution >= 4 is 17.5 Å². The van der Waals surface area contributed by atoms with Gasteiger partial charge in [0.2, 0.25) is 11.8 Å². The molecule has 0 aliphatic carbocycles. The lowest BCUT2D eigenvalue weighted by atomic mass is 10.0. The van der Waals surface area contributed by atoms with Gasteiger partial charge in [0.1, 0.15) is 5.76 Å². The van der Waals surface area contributed by atoms with E-state index < -0.39 is 0 Å². The second-order valence-corrected chi connectivity index (χ2v) is 7.47. The third kappa shape index (κ3) is 5.14. The fourth-order valence-corrected chi connectivity index (χ4v) is 3.49. The quantitative estimate of drug-likeness (QED) is 0.624. The van der Waals surface area contributed by atoms with Crippen molar-refractivity contribution in [2.24, 2.45) is 0 Å². The Balaban J connectivity index is 1.90. The molecule has 2 amide bonds. The molecular formula is C24H27N3O3. The molecule has 0 saturated heterocycles. The van der Waals surface area contributed by atoms with Crippen LogP contribution in [0, 0.1) is 13.8 Å². The minimum Gasteiger partial charge on any atom is -0.361 e. The van der Waals surface area contributed by atoms with E-state index in [2.05, 4.69) is 10.5 Å². The number of carbonyl (C=O) groups is 2. The van der Waals surface area contributed by atoms with E-state index in [0.29, 0.717) is 18.0 Å².